The summed E-state index contributed by atoms with van der Waals surface area (Å²) in [7, 11) is 1.59. The first-order chi connectivity index (χ1) is 18.5. The number of thioether (sulfide) groups is 1. The van der Waals surface area contributed by atoms with E-state index in [0.29, 0.717) is 13.0 Å². The van der Waals surface area contributed by atoms with E-state index in [4.69, 9.17) is 14.3 Å². The highest BCUT2D eigenvalue weighted by Gasteiger charge is 2.63. The molecular formula is C30H43NO6S. The van der Waals surface area contributed by atoms with Gasteiger partial charge in [0.05, 0.1) is 23.5 Å². The van der Waals surface area contributed by atoms with E-state index in [0.717, 1.165) is 66.9 Å². The summed E-state index contributed by atoms with van der Waals surface area (Å²) in [6, 6.07) is 5.41. The van der Waals surface area contributed by atoms with E-state index in [1.165, 1.54) is 0 Å². The van der Waals surface area contributed by atoms with Gasteiger partial charge in [0.1, 0.15) is 18.6 Å². The lowest BCUT2D eigenvalue weighted by Crippen LogP contribution is -2.64. The summed E-state index contributed by atoms with van der Waals surface area (Å²) in [5, 5.41) is 34.1. The zero-order chi connectivity index (χ0) is 27.1. The van der Waals surface area contributed by atoms with Crippen molar-refractivity contribution in [1.29, 1.82) is 0 Å². The van der Waals surface area contributed by atoms with E-state index in [1.807, 2.05) is 23.9 Å². The van der Waals surface area contributed by atoms with Crippen molar-refractivity contribution >= 4 is 17.5 Å². The van der Waals surface area contributed by atoms with E-state index in [2.05, 4.69) is 24.7 Å². The minimum atomic E-state index is -0.923. The van der Waals surface area contributed by atoms with Crippen LogP contribution in [0.15, 0.2) is 47.7 Å². The first-order valence-electron chi connectivity index (χ1n) is 14.0. The molecule has 38 heavy (non-hydrogen) atoms. The van der Waals surface area contributed by atoms with Gasteiger partial charge >= 0.3 is 0 Å². The Bertz CT molecular complexity index is 1010. The molecule has 1 aromatic carbocycles. The van der Waals surface area contributed by atoms with Gasteiger partial charge in [-0.1, -0.05) is 37.1 Å². The lowest BCUT2D eigenvalue weighted by molar-refractivity contribution is -0.223. The zero-order valence-electron chi connectivity index (χ0n) is 22.7. The molecule has 210 valence electrons. The standard InChI is InChI=1S/C30H43NO6S/c1-4-16-36-30-27(38-5-2)19-25(31-35-3)23-17-20(10-6-8-14-32)22(11-7-9-15-33)28(29(23)30)24-18-21(34)12-13-26(24)37-30/h4,12-13,17-18,20,22,27-29,32-34H,1,5-11,14-16,19H2,2-3H3. The lowest BCUT2D eigenvalue weighted by Gasteiger charge is -2.58. The Balaban J connectivity index is 1.94. The van der Waals surface area contributed by atoms with E-state index < -0.39 is 5.79 Å². The number of allylic oxidation sites excluding steroid dienone is 1. The maximum absolute atomic E-state index is 10.6. The Morgan fingerprint density at radius 3 is 2.63 bits per heavy atom. The summed E-state index contributed by atoms with van der Waals surface area (Å²) >= 11 is 1.82. The molecule has 0 aromatic heterocycles. The van der Waals surface area contributed by atoms with Gasteiger partial charge in [0.25, 0.3) is 0 Å². The fourth-order valence-corrected chi connectivity index (χ4v) is 7.97. The normalized spacial score (nSPS) is 30.7. The molecule has 3 aliphatic rings. The number of phenols is 1. The SMILES string of the molecule is C=CCOC12Oc3ccc(O)cc3C3C(CCCCO)C(CCCCO)C=C(C(=NOC)CC1SCC)C32. The van der Waals surface area contributed by atoms with Gasteiger partial charge in [-0.3, -0.25) is 0 Å². The van der Waals surface area contributed by atoms with Gasteiger partial charge in [0.15, 0.2) is 0 Å². The third kappa shape index (κ3) is 5.64. The molecule has 1 saturated carbocycles. The molecule has 6 atom stereocenters. The van der Waals surface area contributed by atoms with Crippen molar-refractivity contribution < 1.29 is 29.6 Å². The predicted molar refractivity (Wildman–Crippen MR) is 152 cm³/mol. The number of phenolic OH excluding ortho intramolecular Hbond substituents is 1. The van der Waals surface area contributed by atoms with E-state index in [9.17, 15) is 15.3 Å². The van der Waals surface area contributed by atoms with Crippen LogP contribution < -0.4 is 4.74 Å². The van der Waals surface area contributed by atoms with Crippen molar-refractivity contribution in [3.05, 3.63) is 48.1 Å². The Morgan fingerprint density at radius 1 is 1.18 bits per heavy atom. The summed E-state index contributed by atoms with van der Waals surface area (Å²) in [5.41, 5.74) is 3.04. The molecule has 0 saturated heterocycles. The topological polar surface area (TPSA) is 101 Å². The van der Waals surface area contributed by atoms with Crippen molar-refractivity contribution in [2.45, 2.75) is 68.8 Å². The summed E-state index contributed by atoms with van der Waals surface area (Å²) < 4.78 is 13.6. The number of aliphatic hydroxyl groups excluding tert-OH is 2. The predicted octanol–water partition coefficient (Wildman–Crippen LogP) is 5.41. The Labute approximate surface area is 230 Å². The number of rotatable bonds is 14. The third-order valence-electron chi connectivity index (χ3n) is 8.20. The van der Waals surface area contributed by atoms with Crippen LogP contribution in [-0.2, 0) is 9.57 Å². The number of nitrogens with zero attached hydrogens (tertiary/aromatic N) is 1. The van der Waals surface area contributed by atoms with Crippen LogP contribution in [0.2, 0.25) is 0 Å². The van der Waals surface area contributed by atoms with Crippen molar-refractivity contribution in [3.63, 3.8) is 0 Å². The highest BCUT2D eigenvalue weighted by molar-refractivity contribution is 8.00. The Hall–Kier alpha value is -2.00. The fraction of sp³-hybridized carbons (Fsp3) is 0.633. The first-order valence-corrected chi connectivity index (χ1v) is 15.0. The molecule has 4 rings (SSSR count). The quantitative estimate of drug-likeness (QED) is 0.163. The molecule has 8 heteroatoms. The van der Waals surface area contributed by atoms with Crippen LogP contribution in [0.5, 0.6) is 11.5 Å². The van der Waals surface area contributed by atoms with Gasteiger partial charge < -0.3 is 29.6 Å². The monoisotopic (exact) mass is 545 g/mol. The van der Waals surface area contributed by atoms with Gasteiger partial charge in [0, 0.05) is 31.1 Å². The van der Waals surface area contributed by atoms with Crippen LogP contribution in [-0.4, -0.2) is 64.8 Å². The second-order valence-electron chi connectivity index (χ2n) is 10.4. The molecule has 0 radical (unpaired) electrons. The molecule has 1 heterocycles. The maximum atomic E-state index is 10.6. The van der Waals surface area contributed by atoms with Gasteiger partial charge in [-0.15, -0.1) is 6.58 Å². The molecule has 6 unspecified atom stereocenters. The fourth-order valence-electron chi connectivity index (χ4n) is 6.80. The van der Waals surface area contributed by atoms with Gasteiger partial charge in [-0.05, 0) is 67.0 Å². The molecule has 0 bridgehead atoms. The number of aliphatic hydroxyl groups is 2. The van der Waals surface area contributed by atoms with E-state index >= 15 is 0 Å². The second-order valence-corrected chi connectivity index (χ2v) is 11.9. The molecule has 1 aromatic rings. The average Bonchev–Trinajstić information content (AvgIpc) is 2.91. The highest BCUT2D eigenvalue weighted by atomic mass is 32.2. The molecule has 1 fully saturated rings. The van der Waals surface area contributed by atoms with Crippen molar-refractivity contribution in [1.82, 2.24) is 0 Å². The lowest BCUT2D eigenvalue weighted by atomic mass is 9.56. The minimum Gasteiger partial charge on any atom is -0.508 e. The van der Waals surface area contributed by atoms with E-state index in [-0.39, 0.29) is 47.9 Å². The van der Waals surface area contributed by atoms with Crippen LogP contribution in [0.25, 0.3) is 0 Å². The molecule has 0 spiro atoms. The second kappa shape index (κ2) is 13.4. The summed E-state index contributed by atoms with van der Waals surface area (Å²) in [5.74, 6) is 1.33. The van der Waals surface area contributed by atoms with Crippen LogP contribution in [0, 0.1) is 17.8 Å². The van der Waals surface area contributed by atoms with Crippen LogP contribution in [0.1, 0.15) is 63.4 Å². The first kappa shape index (κ1) is 29.0. The number of aromatic hydroxyl groups is 1. The number of unbranched alkanes of at least 4 members (excludes halogenated alkanes) is 2. The third-order valence-corrected chi connectivity index (χ3v) is 9.43. The smallest absolute Gasteiger partial charge is 0.230 e. The molecule has 7 nitrogen and oxygen atoms in total. The Morgan fingerprint density at radius 2 is 1.95 bits per heavy atom. The number of hydrogen-bond acceptors (Lipinski definition) is 8. The van der Waals surface area contributed by atoms with Gasteiger partial charge in [-0.25, -0.2) is 0 Å². The number of ether oxygens (including phenoxy) is 2. The molecule has 1 aliphatic heterocycles. The molecular weight excluding hydrogens is 502 g/mol. The maximum Gasteiger partial charge on any atom is 0.230 e. The van der Waals surface area contributed by atoms with Crippen LogP contribution >= 0.6 is 11.8 Å². The Kier molecular flexibility index (Phi) is 10.2. The minimum absolute atomic E-state index is 0.0167. The summed E-state index contributed by atoms with van der Waals surface area (Å²) in [6.07, 6.45) is 10.0. The number of fused-ring (bicyclic) bond motifs is 2. The molecule has 0 amide bonds. The van der Waals surface area contributed by atoms with Crippen molar-refractivity contribution in [2.75, 3.05) is 32.7 Å². The largest absolute Gasteiger partial charge is 0.508 e. The molecule has 3 N–H and O–H groups in total. The van der Waals surface area contributed by atoms with E-state index in [1.54, 1.807) is 19.3 Å². The average molecular weight is 546 g/mol. The molecule has 2 aliphatic carbocycles. The number of oxime groups is 1. The summed E-state index contributed by atoms with van der Waals surface area (Å²) in [6.45, 7) is 6.77. The van der Waals surface area contributed by atoms with Gasteiger partial charge in [0.2, 0.25) is 5.79 Å². The number of hydrogen-bond donors (Lipinski definition) is 3. The van der Waals surface area contributed by atoms with Crippen molar-refractivity contribution in [2.24, 2.45) is 22.9 Å². The van der Waals surface area contributed by atoms with Crippen LogP contribution in [0.4, 0.5) is 0 Å². The zero-order valence-corrected chi connectivity index (χ0v) is 23.5. The van der Waals surface area contributed by atoms with Crippen molar-refractivity contribution in [3.8, 4) is 11.5 Å². The van der Waals surface area contributed by atoms with Crippen LogP contribution in [0.3, 0.4) is 0 Å². The highest BCUT2D eigenvalue weighted by Crippen LogP contribution is 2.62. The summed E-state index contributed by atoms with van der Waals surface area (Å²) in [4.78, 5) is 5.36. The van der Waals surface area contributed by atoms with Gasteiger partial charge in [-0.2, -0.15) is 11.8 Å². The number of benzene rings is 1.